The fraction of sp³-hybridized carbons (Fsp3) is 0.571. The summed E-state index contributed by atoms with van der Waals surface area (Å²) in [6.07, 6.45) is 2.69. The van der Waals surface area contributed by atoms with Gasteiger partial charge in [0.05, 0.1) is 12.7 Å². The normalized spacial score (nSPS) is 20.2. The zero-order valence-electron chi connectivity index (χ0n) is 16.3. The Bertz CT molecular complexity index is 656. The van der Waals surface area contributed by atoms with Crippen LogP contribution in [0.4, 0.5) is 0 Å². The van der Waals surface area contributed by atoms with Gasteiger partial charge in [0.15, 0.2) is 0 Å². The van der Waals surface area contributed by atoms with Crippen molar-refractivity contribution in [3.05, 3.63) is 41.0 Å². The van der Waals surface area contributed by atoms with Crippen molar-refractivity contribution in [3.8, 4) is 5.75 Å². The van der Waals surface area contributed by atoms with Crippen molar-refractivity contribution in [3.63, 3.8) is 0 Å². The molecule has 144 valence electrons. The van der Waals surface area contributed by atoms with Crippen molar-refractivity contribution in [2.24, 2.45) is 11.8 Å². The molecule has 0 saturated heterocycles. The monoisotopic (exact) mass is 361 g/mol. The highest BCUT2D eigenvalue weighted by molar-refractivity contribution is 5.78. The van der Waals surface area contributed by atoms with Gasteiger partial charge < -0.3 is 19.9 Å². The van der Waals surface area contributed by atoms with Crippen LogP contribution in [-0.2, 0) is 16.0 Å². The van der Waals surface area contributed by atoms with Gasteiger partial charge in [-0.2, -0.15) is 0 Å². The Morgan fingerprint density at radius 1 is 1.50 bits per heavy atom. The van der Waals surface area contributed by atoms with Gasteiger partial charge in [0.25, 0.3) is 0 Å². The first-order valence-electron chi connectivity index (χ1n) is 9.23. The summed E-state index contributed by atoms with van der Waals surface area (Å²) in [6, 6.07) is 2.03. The Kier molecular flexibility index (Phi) is 7.23. The molecular weight excluding hydrogens is 330 g/mol. The highest BCUT2D eigenvalue weighted by Crippen LogP contribution is 2.43. The molecule has 0 saturated carbocycles. The summed E-state index contributed by atoms with van der Waals surface area (Å²) in [5, 5.41) is 14.0. The number of carbonyl (C=O) groups is 1. The maximum atomic E-state index is 12.4. The standard InChI is InChI=1S/C21H31NO4/c1-6-10-26-18-12-13(2)16-7-8-17(20(23)19(16)15(18)4)14(3)21(24)22-9-11-25-5/h6,12,14,17,20,23H,1,7-11H2,2-5H3,(H,22,24). The van der Waals surface area contributed by atoms with E-state index in [2.05, 4.69) is 11.9 Å². The third-order valence-corrected chi connectivity index (χ3v) is 5.37. The summed E-state index contributed by atoms with van der Waals surface area (Å²) in [5.41, 5.74) is 4.19. The Hall–Kier alpha value is -1.85. The minimum Gasteiger partial charge on any atom is -0.489 e. The first-order valence-corrected chi connectivity index (χ1v) is 9.23. The van der Waals surface area contributed by atoms with Crippen molar-refractivity contribution >= 4 is 5.91 Å². The van der Waals surface area contributed by atoms with E-state index in [1.807, 2.05) is 26.8 Å². The molecule has 0 aromatic heterocycles. The molecule has 0 spiro atoms. The maximum absolute atomic E-state index is 12.4. The predicted molar refractivity (Wildman–Crippen MR) is 102 cm³/mol. The smallest absolute Gasteiger partial charge is 0.223 e. The van der Waals surface area contributed by atoms with Crippen LogP contribution in [0.3, 0.4) is 0 Å². The maximum Gasteiger partial charge on any atom is 0.223 e. The highest BCUT2D eigenvalue weighted by atomic mass is 16.5. The van der Waals surface area contributed by atoms with Gasteiger partial charge in [0, 0.05) is 25.5 Å². The lowest BCUT2D eigenvalue weighted by molar-refractivity contribution is -0.128. The molecule has 0 bridgehead atoms. The lowest BCUT2D eigenvalue weighted by Crippen LogP contribution is -2.38. The predicted octanol–water partition coefficient (Wildman–Crippen LogP) is 2.86. The van der Waals surface area contributed by atoms with Crippen molar-refractivity contribution in [1.82, 2.24) is 5.32 Å². The van der Waals surface area contributed by atoms with Gasteiger partial charge in [-0.05, 0) is 55.0 Å². The van der Waals surface area contributed by atoms with Crippen LogP contribution in [-0.4, -0.2) is 37.9 Å². The molecule has 3 unspecified atom stereocenters. The third kappa shape index (κ3) is 4.27. The molecule has 1 aromatic rings. The first kappa shape index (κ1) is 20.5. The van der Waals surface area contributed by atoms with Crippen LogP contribution < -0.4 is 10.1 Å². The molecule has 0 heterocycles. The van der Waals surface area contributed by atoms with E-state index in [1.165, 1.54) is 5.56 Å². The first-order chi connectivity index (χ1) is 12.4. The summed E-state index contributed by atoms with van der Waals surface area (Å²) >= 11 is 0. The fourth-order valence-electron chi connectivity index (χ4n) is 3.83. The van der Waals surface area contributed by atoms with E-state index in [0.29, 0.717) is 19.8 Å². The number of amides is 1. The molecule has 1 aliphatic carbocycles. The van der Waals surface area contributed by atoms with E-state index in [9.17, 15) is 9.90 Å². The van der Waals surface area contributed by atoms with Crippen LogP contribution in [0.2, 0.25) is 0 Å². The molecule has 5 heteroatoms. The number of fused-ring (bicyclic) bond motifs is 1. The fourth-order valence-corrected chi connectivity index (χ4v) is 3.83. The Morgan fingerprint density at radius 3 is 2.88 bits per heavy atom. The highest BCUT2D eigenvalue weighted by Gasteiger charge is 2.37. The van der Waals surface area contributed by atoms with E-state index in [4.69, 9.17) is 9.47 Å². The number of aliphatic hydroxyl groups is 1. The van der Waals surface area contributed by atoms with Crippen molar-refractivity contribution in [2.45, 2.75) is 39.7 Å². The van der Waals surface area contributed by atoms with Gasteiger partial charge in [-0.1, -0.05) is 19.6 Å². The summed E-state index contributed by atoms with van der Waals surface area (Å²) in [4.78, 5) is 12.4. The molecule has 3 atom stereocenters. The minimum absolute atomic E-state index is 0.0389. The second kappa shape index (κ2) is 9.19. The Balaban J connectivity index is 2.25. The van der Waals surface area contributed by atoms with E-state index in [-0.39, 0.29) is 17.7 Å². The molecule has 0 aliphatic heterocycles. The molecule has 0 radical (unpaired) electrons. The molecule has 2 N–H and O–H groups in total. The molecule has 1 amide bonds. The number of benzene rings is 1. The second-order valence-electron chi connectivity index (χ2n) is 7.03. The number of ether oxygens (including phenoxy) is 2. The number of aliphatic hydroxyl groups excluding tert-OH is 1. The van der Waals surface area contributed by atoms with Gasteiger partial charge in [-0.3, -0.25) is 4.79 Å². The van der Waals surface area contributed by atoms with Crippen molar-refractivity contribution < 1.29 is 19.4 Å². The SMILES string of the molecule is C=CCOc1cc(C)c2c(c1C)C(O)C(C(C)C(=O)NCCOC)CC2. The van der Waals surface area contributed by atoms with Crippen molar-refractivity contribution in [2.75, 3.05) is 26.9 Å². The van der Waals surface area contributed by atoms with Crippen LogP contribution >= 0.6 is 0 Å². The summed E-state index contributed by atoms with van der Waals surface area (Å²) in [6.45, 7) is 11.0. The van der Waals surface area contributed by atoms with Crippen LogP contribution in [0.1, 0.15) is 41.7 Å². The quantitative estimate of drug-likeness (QED) is 0.552. The van der Waals surface area contributed by atoms with Gasteiger partial charge >= 0.3 is 0 Å². The summed E-state index contributed by atoms with van der Waals surface area (Å²) in [5.74, 6) is 0.353. The number of methoxy groups -OCH3 is 1. The number of hydrogen-bond donors (Lipinski definition) is 2. The molecular formula is C21H31NO4. The van der Waals surface area contributed by atoms with Crippen molar-refractivity contribution in [1.29, 1.82) is 0 Å². The second-order valence-corrected chi connectivity index (χ2v) is 7.03. The Labute approximate surface area is 156 Å². The van der Waals surface area contributed by atoms with E-state index in [0.717, 1.165) is 35.3 Å². The summed E-state index contributed by atoms with van der Waals surface area (Å²) < 4.78 is 10.7. The number of nitrogens with one attached hydrogen (secondary N) is 1. The molecule has 26 heavy (non-hydrogen) atoms. The lowest BCUT2D eigenvalue weighted by Gasteiger charge is -2.36. The van der Waals surface area contributed by atoms with Gasteiger partial charge in [-0.25, -0.2) is 0 Å². The zero-order chi connectivity index (χ0) is 19.3. The molecule has 5 nitrogen and oxygen atoms in total. The van der Waals surface area contributed by atoms with E-state index < -0.39 is 6.10 Å². The molecule has 0 fully saturated rings. The average molecular weight is 361 g/mol. The number of carbonyl (C=O) groups excluding carboxylic acids is 1. The van der Waals surface area contributed by atoms with Gasteiger partial charge in [-0.15, -0.1) is 0 Å². The lowest BCUT2D eigenvalue weighted by atomic mass is 9.72. The topological polar surface area (TPSA) is 67.8 Å². The number of aryl methyl sites for hydroxylation is 1. The van der Waals surface area contributed by atoms with Gasteiger partial charge in [0.1, 0.15) is 12.4 Å². The molecule has 1 aliphatic rings. The average Bonchev–Trinajstić information content (AvgIpc) is 2.62. The summed E-state index contributed by atoms with van der Waals surface area (Å²) in [7, 11) is 1.61. The molecule has 2 rings (SSSR count). The number of rotatable bonds is 8. The van der Waals surface area contributed by atoms with Crippen LogP contribution in [0.25, 0.3) is 0 Å². The minimum atomic E-state index is -0.673. The van der Waals surface area contributed by atoms with E-state index >= 15 is 0 Å². The van der Waals surface area contributed by atoms with Gasteiger partial charge in [0.2, 0.25) is 5.91 Å². The van der Waals surface area contributed by atoms with Crippen LogP contribution in [0.15, 0.2) is 18.7 Å². The largest absolute Gasteiger partial charge is 0.489 e. The molecule has 1 aromatic carbocycles. The Morgan fingerprint density at radius 2 is 2.23 bits per heavy atom. The third-order valence-electron chi connectivity index (χ3n) is 5.37. The zero-order valence-corrected chi connectivity index (χ0v) is 16.3. The van der Waals surface area contributed by atoms with Crippen LogP contribution in [0.5, 0.6) is 5.75 Å². The van der Waals surface area contributed by atoms with E-state index in [1.54, 1.807) is 13.2 Å². The van der Waals surface area contributed by atoms with Crippen LogP contribution in [0, 0.1) is 25.7 Å². The number of hydrogen-bond acceptors (Lipinski definition) is 4.